The summed E-state index contributed by atoms with van der Waals surface area (Å²) in [6, 6.07) is 54.8. The van der Waals surface area contributed by atoms with Gasteiger partial charge in [0.2, 0.25) is 5.95 Å². The first kappa shape index (κ1) is 28.5. The van der Waals surface area contributed by atoms with Crippen LogP contribution < -0.4 is 0 Å². The first-order valence-electron chi connectivity index (χ1n) is 16.6. The lowest BCUT2D eigenvalue weighted by Gasteiger charge is -2.12. The predicted molar refractivity (Wildman–Crippen MR) is 207 cm³/mol. The molecular formula is C44H27N5S. The Labute approximate surface area is 291 Å². The van der Waals surface area contributed by atoms with Crippen molar-refractivity contribution in [3.63, 3.8) is 0 Å². The lowest BCUT2D eigenvalue weighted by Crippen LogP contribution is -2.07. The van der Waals surface area contributed by atoms with Gasteiger partial charge in [-0.05, 0) is 64.7 Å². The van der Waals surface area contributed by atoms with Crippen molar-refractivity contribution in [1.82, 2.24) is 24.5 Å². The second kappa shape index (κ2) is 11.6. The third-order valence-electron chi connectivity index (χ3n) is 9.31. The van der Waals surface area contributed by atoms with E-state index in [9.17, 15) is 0 Å². The highest BCUT2D eigenvalue weighted by atomic mass is 32.1. The molecule has 50 heavy (non-hydrogen) atoms. The van der Waals surface area contributed by atoms with Gasteiger partial charge in [-0.25, -0.2) is 9.97 Å². The number of nitrogens with zero attached hydrogens (tertiary/aromatic N) is 5. The zero-order valence-corrected chi connectivity index (χ0v) is 27.5. The van der Waals surface area contributed by atoms with E-state index in [1.165, 1.54) is 20.2 Å². The number of thiophene rings is 1. The molecule has 0 radical (unpaired) electrons. The third-order valence-corrected chi connectivity index (χ3v) is 10.4. The number of rotatable bonds is 5. The van der Waals surface area contributed by atoms with Gasteiger partial charge in [0, 0.05) is 48.3 Å². The maximum Gasteiger partial charge on any atom is 0.240 e. The molecule has 0 N–H and O–H groups in total. The van der Waals surface area contributed by atoms with Crippen LogP contribution in [0.5, 0.6) is 0 Å². The highest BCUT2D eigenvalue weighted by Crippen LogP contribution is 2.43. The van der Waals surface area contributed by atoms with E-state index < -0.39 is 0 Å². The second-order valence-electron chi connectivity index (χ2n) is 12.3. The number of pyridine rings is 1. The summed E-state index contributed by atoms with van der Waals surface area (Å²) in [6.45, 7) is 0. The molecule has 5 nitrogen and oxygen atoms in total. The summed E-state index contributed by atoms with van der Waals surface area (Å²) in [5, 5.41) is 4.70. The van der Waals surface area contributed by atoms with Crippen LogP contribution in [-0.2, 0) is 0 Å². The summed E-state index contributed by atoms with van der Waals surface area (Å²) in [7, 11) is 0. The summed E-state index contributed by atoms with van der Waals surface area (Å²) in [5.74, 6) is 1.72. The molecular weight excluding hydrogens is 631 g/mol. The number of hydrogen-bond donors (Lipinski definition) is 0. The average molecular weight is 658 g/mol. The van der Waals surface area contributed by atoms with E-state index in [0.717, 1.165) is 55.3 Å². The molecule has 10 rings (SSSR count). The van der Waals surface area contributed by atoms with Crippen molar-refractivity contribution in [2.45, 2.75) is 0 Å². The van der Waals surface area contributed by atoms with Crippen molar-refractivity contribution in [2.24, 2.45) is 0 Å². The molecule has 0 unspecified atom stereocenters. The molecule has 0 amide bonds. The fraction of sp³-hybridized carbons (Fsp3) is 0. The van der Waals surface area contributed by atoms with Crippen LogP contribution in [0.3, 0.4) is 0 Å². The van der Waals surface area contributed by atoms with E-state index in [1.54, 1.807) is 0 Å². The molecule has 0 spiro atoms. The second-order valence-corrected chi connectivity index (χ2v) is 13.4. The Hall–Kier alpha value is -6.50. The summed E-state index contributed by atoms with van der Waals surface area (Å²) in [6.07, 6.45) is 1.84. The number of aromatic nitrogens is 5. The van der Waals surface area contributed by atoms with Crippen LogP contribution in [0.1, 0.15) is 0 Å². The van der Waals surface area contributed by atoms with Crippen LogP contribution in [0, 0.1) is 0 Å². The Morgan fingerprint density at radius 1 is 0.420 bits per heavy atom. The predicted octanol–water partition coefficient (Wildman–Crippen LogP) is 11.4. The first-order chi connectivity index (χ1) is 24.8. The topological polar surface area (TPSA) is 56.5 Å². The highest BCUT2D eigenvalue weighted by molar-refractivity contribution is 7.26. The Bertz CT molecular complexity index is 2770. The summed E-state index contributed by atoms with van der Waals surface area (Å²) in [4.78, 5) is 20.5. The first-order valence-corrected chi connectivity index (χ1v) is 17.4. The summed E-state index contributed by atoms with van der Waals surface area (Å²) >= 11 is 1.82. The minimum absolute atomic E-state index is 0.526. The van der Waals surface area contributed by atoms with Crippen LogP contribution in [0.25, 0.3) is 93.1 Å². The molecule has 6 aromatic carbocycles. The van der Waals surface area contributed by atoms with Crippen LogP contribution in [0.15, 0.2) is 164 Å². The lowest BCUT2D eigenvalue weighted by molar-refractivity contribution is 0.944. The van der Waals surface area contributed by atoms with Gasteiger partial charge in [0.15, 0.2) is 11.6 Å². The zero-order valence-electron chi connectivity index (χ0n) is 26.7. The standard InChI is InChI=1S/C44H27N5S/c1-3-12-28(13-4-1)30-16-9-18-32(26-30)41-46-42(33-19-10-17-31(27-33)29-14-5-2-6-15-29)48-44(47-41)49-36-23-24-38-40(34-20-7-8-22-37(34)50-38)39(36)35-21-11-25-45-43(35)49/h1-27H. The smallest absolute Gasteiger partial charge is 0.240 e. The molecule has 4 aromatic heterocycles. The van der Waals surface area contributed by atoms with E-state index in [4.69, 9.17) is 19.9 Å². The van der Waals surface area contributed by atoms with Crippen molar-refractivity contribution in [1.29, 1.82) is 0 Å². The number of hydrogen-bond acceptors (Lipinski definition) is 5. The Balaban J connectivity index is 1.25. The molecule has 234 valence electrons. The van der Waals surface area contributed by atoms with E-state index in [1.807, 2.05) is 35.7 Å². The molecule has 0 saturated heterocycles. The number of benzene rings is 6. The van der Waals surface area contributed by atoms with Crippen molar-refractivity contribution >= 4 is 53.4 Å². The SMILES string of the molecule is c1ccc(-c2cccc(-c3nc(-c4cccc(-c5ccccc5)c4)nc(-n4c5ccc6sc7ccccc7c6c5c5cccnc54)n3)c2)cc1. The van der Waals surface area contributed by atoms with Crippen LogP contribution >= 0.6 is 11.3 Å². The Morgan fingerprint density at radius 3 is 1.68 bits per heavy atom. The molecule has 0 aliphatic rings. The van der Waals surface area contributed by atoms with Gasteiger partial charge in [-0.15, -0.1) is 11.3 Å². The van der Waals surface area contributed by atoms with E-state index in [-0.39, 0.29) is 0 Å². The van der Waals surface area contributed by atoms with Crippen LogP contribution in [0.2, 0.25) is 0 Å². The molecule has 0 aliphatic heterocycles. The van der Waals surface area contributed by atoms with Crippen molar-refractivity contribution in [3.8, 4) is 51.0 Å². The molecule has 4 heterocycles. The van der Waals surface area contributed by atoms with Crippen molar-refractivity contribution < 1.29 is 0 Å². The summed E-state index contributed by atoms with van der Waals surface area (Å²) in [5.41, 5.74) is 8.12. The maximum absolute atomic E-state index is 5.22. The van der Waals surface area contributed by atoms with E-state index in [0.29, 0.717) is 17.6 Å². The minimum atomic E-state index is 0.526. The van der Waals surface area contributed by atoms with Gasteiger partial charge < -0.3 is 0 Å². The monoisotopic (exact) mass is 657 g/mol. The summed E-state index contributed by atoms with van der Waals surface area (Å²) < 4.78 is 4.61. The van der Waals surface area contributed by atoms with E-state index in [2.05, 4.69) is 144 Å². The fourth-order valence-electron chi connectivity index (χ4n) is 7.01. The Morgan fingerprint density at radius 2 is 1.00 bits per heavy atom. The lowest BCUT2D eigenvalue weighted by atomic mass is 10.0. The van der Waals surface area contributed by atoms with Gasteiger partial charge >= 0.3 is 0 Å². The molecule has 0 bridgehead atoms. The van der Waals surface area contributed by atoms with Gasteiger partial charge in [-0.2, -0.15) is 9.97 Å². The van der Waals surface area contributed by atoms with Crippen LogP contribution in [0.4, 0.5) is 0 Å². The maximum atomic E-state index is 5.22. The van der Waals surface area contributed by atoms with Crippen LogP contribution in [-0.4, -0.2) is 24.5 Å². The highest BCUT2D eigenvalue weighted by Gasteiger charge is 2.21. The molecule has 0 atom stereocenters. The molecule has 10 aromatic rings. The van der Waals surface area contributed by atoms with Crippen molar-refractivity contribution in [2.75, 3.05) is 0 Å². The Kier molecular flexibility index (Phi) is 6.60. The molecule has 0 saturated carbocycles. The number of fused-ring (bicyclic) bond motifs is 7. The van der Waals surface area contributed by atoms with Crippen molar-refractivity contribution in [3.05, 3.63) is 164 Å². The van der Waals surface area contributed by atoms with Gasteiger partial charge in [-0.3, -0.25) is 4.57 Å². The minimum Gasteiger partial charge on any atom is -0.262 e. The quantitative estimate of drug-likeness (QED) is 0.185. The average Bonchev–Trinajstić information content (AvgIpc) is 3.74. The molecule has 6 heteroatoms. The fourth-order valence-corrected chi connectivity index (χ4v) is 8.13. The largest absolute Gasteiger partial charge is 0.262 e. The van der Waals surface area contributed by atoms with Gasteiger partial charge in [0.05, 0.1) is 5.52 Å². The third kappa shape index (κ3) is 4.69. The molecule has 0 aliphatic carbocycles. The van der Waals surface area contributed by atoms with E-state index >= 15 is 0 Å². The normalized spacial score (nSPS) is 11.6. The zero-order chi connectivity index (χ0) is 33.0. The van der Waals surface area contributed by atoms with Gasteiger partial charge in [-0.1, -0.05) is 115 Å². The van der Waals surface area contributed by atoms with Gasteiger partial charge in [0.1, 0.15) is 5.65 Å². The van der Waals surface area contributed by atoms with Gasteiger partial charge in [0.25, 0.3) is 0 Å². The molecule has 0 fully saturated rings.